The molecule has 0 bridgehead atoms. The normalized spacial score (nSPS) is 15.8. The van der Waals surface area contributed by atoms with Crippen molar-refractivity contribution in [3.05, 3.63) is 23.8 Å². The van der Waals surface area contributed by atoms with Crippen molar-refractivity contribution in [2.24, 2.45) is 5.10 Å². The highest BCUT2D eigenvalue weighted by molar-refractivity contribution is 6.05. The van der Waals surface area contributed by atoms with E-state index in [1.807, 2.05) is 18.2 Å². The van der Waals surface area contributed by atoms with Crippen LogP contribution in [0.3, 0.4) is 0 Å². The molecule has 0 spiro atoms. The van der Waals surface area contributed by atoms with E-state index in [0.717, 1.165) is 16.8 Å². The van der Waals surface area contributed by atoms with Gasteiger partial charge in [0.2, 0.25) is 5.91 Å². The molecule has 6 nitrogen and oxygen atoms in total. The topological polar surface area (TPSA) is 90.4 Å². The van der Waals surface area contributed by atoms with E-state index in [4.69, 9.17) is 0 Å². The number of fused-ring (bicyclic) bond motifs is 1. The van der Waals surface area contributed by atoms with Crippen molar-refractivity contribution in [2.45, 2.75) is 12.8 Å². The molecule has 2 aromatic rings. The Morgan fingerprint density at radius 2 is 2.18 bits per heavy atom. The van der Waals surface area contributed by atoms with Gasteiger partial charge in [-0.2, -0.15) is 10.1 Å². The molecule has 0 saturated carbocycles. The fourth-order valence-electron chi connectivity index (χ4n) is 1.85. The van der Waals surface area contributed by atoms with E-state index >= 15 is 0 Å². The van der Waals surface area contributed by atoms with Gasteiger partial charge in [0.05, 0.1) is 16.7 Å². The molecule has 1 aliphatic rings. The van der Waals surface area contributed by atoms with Gasteiger partial charge in [0.25, 0.3) is 6.01 Å². The van der Waals surface area contributed by atoms with Crippen LogP contribution in [0.15, 0.2) is 23.3 Å². The summed E-state index contributed by atoms with van der Waals surface area (Å²) in [7, 11) is 0. The number of aromatic amines is 1. The highest BCUT2D eigenvalue weighted by Crippen LogP contribution is 2.18. The Labute approximate surface area is 96.4 Å². The smallest absolute Gasteiger partial charge is 0.292 e. The van der Waals surface area contributed by atoms with Gasteiger partial charge >= 0.3 is 0 Å². The molecule has 0 fully saturated rings. The first-order chi connectivity index (χ1) is 8.22. The molecule has 1 amide bonds. The number of carbonyl (C=O) groups excluding carboxylic acids is 1. The number of imidazole rings is 1. The molecule has 17 heavy (non-hydrogen) atoms. The molecule has 6 heteroatoms. The second-order valence-corrected chi connectivity index (χ2v) is 3.89. The monoisotopic (exact) mass is 230 g/mol. The number of benzene rings is 1. The van der Waals surface area contributed by atoms with Gasteiger partial charge in [-0.1, -0.05) is 6.07 Å². The van der Waals surface area contributed by atoms with Gasteiger partial charge in [0, 0.05) is 18.4 Å². The van der Waals surface area contributed by atoms with Crippen LogP contribution in [0.1, 0.15) is 18.4 Å². The summed E-state index contributed by atoms with van der Waals surface area (Å²) < 4.78 is 0. The van der Waals surface area contributed by atoms with Crippen LogP contribution >= 0.6 is 0 Å². The van der Waals surface area contributed by atoms with Crippen molar-refractivity contribution in [3.63, 3.8) is 0 Å². The summed E-state index contributed by atoms with van der Waals surface area (Å²) in [5.74, 6) is -0.0627. The number of hydrazone groups is 1. The highest BCUT2D eigenvalue weighted by atomic mass is 16.3. The lowest BCUT2D eigenvalue weighted by Crippen LogP contribution is -2.25. The fourth-order valence-corrected chi connectivity index (χ4v) is 1.85. The van der Waals surface area contributed by atoms with E-state index < -0.39 is 0 Å². The maximum absolute atomic E-state index is 11.0. The Kier molecular flexibility index (Phi) is 2.07. The summed E-state index contributed by atoms with van der Waals surface area (Å²) in [5, 5.41) is 13.2. The van der Waals surface area contributed by atoms with Crippen molar-refractivity contribution in [2.75, 3.05) is 0 Å². The summed E-state index contributed by atoms with van der Waals surface area (Å²) in [4.78, 5) is 17.7. The molecule has 1 aromatic carbocycles. The minimum absolute atomic E-state index is 0.0627. The largest absolute Gasteiger partial charge is 0.480 e. The lowest BCUT2D eigenvalue weighted by molar-refractivity contribution is -0.121. The third-order valence-electron chi connectivity index (χ3n) is 2.71. The minimum atomic E-state index is -0.101. The third-order valence-corrected chi connectivity index (χ3v) is 2.71. The number of nitrogens with one attached hydrogen (secondary N) is 2. The minimum Gasteiger partial charge on any atom is -0.480 e. The Balaban J connectivity index is 2.03. The molecular weight excluding hydrogens is 220 g/mol. The van der Waals surface area contributed by atoms with Gasteiger partial charge < -0.3 is 10.1 Å². The molecule has 0 aliphatic carbocycles. The molecule has 1 aliphatic heterocycles. The molecule has 3 N–H and O–H groups in total. The van der Waals surface area contributed by atoms with Gasteiger partial charge in [-0.15, -0.1) is 0 Å². The van der Waals surface area contributed by atoms with Gasteiger partial charge in [0.15, 0.2) is 0 Å². The number of carbonyl (C=O) groups is 1. The standard InChI is InChI=1S/C11H10N4O2/c16-10-4-3-7(14-15-10)6-1-2-8-9(5-6)13-11(17)12-8/h1-2,5H,3-4H2,(H,15,16)(H2,12,13,17). The van der Waals surface area contributed by atoms with Crippen LogP contribution in [0.25, 0.3) is 11.0 Å². The average molecular weight is 230 g/mol. The van der Waals surface area contributed by atoms with Crippen LogP contribution in [0.5, 0.6) is 6.01 Å². The summed E-state index contributed by atoms with van der Waals surface area (Å²) >= 11 is 0. The molecule has 3 rings (SSSR count). The number of nitrogens with zero attached hydrogens (tertiary/aromatic N) is 2. The summed E-state index contributed by atoms with van der Waals surface area (Å²) in [6.45, 7) is 0. The molecule has 0 unspecified atom stereocenters. The second-order valence-electron chi connectivity index (χ2n) is 3.89. The van der Waals surface area contributed by atoms with Crippen LogP contribution in [0.2, 0.25) is 0 Å². The van der Waals surface area contributed by atoms with Crippen molar-refractivity contribution in [1.82, 2.24) is 15.4 Å². The van der Waals surface area contributed by atoms with Gasteiger partial charge in [0.1, 0.15) is 0 Å². The van der Waals surface area contributed by atoms with E-state index in [9.17, 15) is 9.90 Å². The van der Waals surface area contributed by atoms with E-state index in [-0.39, 0.29) is 11.9 Å². The summed E-state index contributed by atoms with van der Waals surface area (Å²) in [6, 6.07) is 5.45. The molecule has 0 atom stereocenters. The third kappa shape index (κ3) is 1.73. The zero-order chi connectivity index (χ0) is 11.8. The Hall–Kier alpha value is -2.37. The molecule has 86 valence electrons. The molecule has 0 radical (unpaired) electrons. The van der Waals surface area contributed by atoms with Crippen LogP contribution in [0, 0.1) is 0 Å². The summed E-state index contributed by atoms with van der Waals surface area (Å²) in [5.41, 5.74) is 5.64. The zero-order valence-electron chi connectivity index (χ0n) is 8.90. The number of amides is 1. The van der Waals surface area contributed by atoms with Crippen molar-refractivity contribution < 1.29 is 9.90 Å². The van der Waals surface area contributed by atoms with E-state index in [1.54, 1.807) is 0 Å². The Morgan fingerprint density at radius 3 is 2.94 bits per heavy atom. The number of aromatic nitrogens is 2. The first-order valence-electron chi connectivity index (χ1n) is 5.27. The zero-order valence-corrected chi connectivity index (χ0v) is 8.90. The number of H-pyrrole nitrogens is 1. The highest BCUT2D eigenvalue weighted by Gasteiger charge is 2.14. The molecular formula is C11H10N4O2. The average Bonchev–Trinajstić information content (AvgIpc) is 2.69. The SMILES string of the molecule is O=C1CCC(c2ccc3[nH]c(O)nc3c2)=NN1. The maximum atomic E-state index is 11.0. The number of hydrogen-bond donors (Lipinski definition) is 3. The van der Waals surface area contributed by atoms with Crippen molar-refractivity contribution in [1.29, 1.82) is 0 Å². The van der Waals surface area contributed by atoms with Crippen LogP contribution in [0.4, 0.5) is 0 Å². The summed E-state index contributed by atoms with van der Waals surface area (Å²) in [6.07, 6.45) is 1.07. The van der Waals surface area contributed by atoms with Crippen LogP contribution < -0.4 is 5.43 Å². The van der Waals surface area contributed by atoms with Gasteiger partial charge in [-0.3, -0.25) is 4.79 Å². The second kappa shape index (κ2) is 3.58. The van der Waals surface area contributed by atoms with E-state index in [0.29, 0.717) is 18.4 Å². The van der Waals surface area contributed by atoms with E-state index in [2.05, 4.69) is 20.5 Å². The molecule has 1 aromatic heterocycles. The maximum Gasteiger partial charge on any atom is 0.292 e. The van der Waals surface area contributed by atoms with Crippen LogP contribution in [-0.4, -0.2) is 26.7 Å². The first-order valence-corrected chi connectivity index (χ1v) is 5.27. The number of rotatable bonds is 1. The lowest BCUT2D eigenvalue weighted by atomic mass is 10.0. The Morgan fingerprint density at radius 1 is 1.29 bits per heavy atom. The Bertz CT molecular complexity index is 629. The van der Waals surface area contributed by atoms with E-state index in [1.165, 1.54) is 0 Å². The van der Waals surface area contributed by atoms with Crippen LogP contribution in [-0.2, 0) is 4.79 Å². The predicted octanol–water partition coefficient (Wildman–Crippen LogP) is 0.883. The quantitative estimate of drug-likeness (QED) is 0.679. The van der Waals surface area contributed by atoms with Crippen molar-refractivity contribution >= 4 is 22.7 Å². The lowest BCUT2D eigenvalue weighted by Gasteiger charge is -2.11. The molecule has 0 saturated heterocycles. The first kappa shape index (κ1) is 9.83. The van der Waals surface area contributed by atoms with Crippen molar-refractivity contribution in [3.8, 4) is 6.01 Å². The fraction of sp³-hybridized carbons (Fsp3) is 0.182. The van der Waals surface area contributed by atoms with Gasteiger partial charge in [-0.05, 0) is 12.1 Å². The molecule has 2 heterocycles. The van der Waals surface area contributed by atoms with Gasteiger partial charge in [-0.25, -0.2) is 5.43 Å². The number of aromatic hydroxyl groups is 1. The predicted molar refractivity (Wildman–Crippen MR) is 61.7 cm³/mol. The number of hydrogen-bond acceptors (Lipinski definition) is 4.